The van der Waals surface area contributed by atoms with Gasteiger partial charge in [-0.1, -0.05) is 6.07 Å². The summed E-state index contributed by atoms with van der Waals surface area (Å²) in [5, 5.41) is 20.6. The Labute approximate surface area is 137 Å². The summed E-state index contributed by atoms with van der Waals surface area (Å²) < 4.78 is 5.31. The van der Waals surface area contributed by atoms with Crippen molar-refractivity contribution in [3.8, 4) is 5.75 Å². The van der Waals surface area contributed by atoms with Crippen LogP contribution in [0.4, 0.5) is 5.69 Å². The molecule has 0 aliphatic heterocycles. The van der Waals surface area contributed by atoms with Crippen LogP contribution in [0.1, 0.15) is 38.0 Å². The molecule has 0 aliphatic carbocycles. The number of carbonyl (C=O) groups excluding carboxylic acids is 1. The molecule has 0 saturated carbocycles. The summed E-state index contributed by atoms with van der Waals surface area (Å²) in [5.74, 6) is -2.55. The molecule has 3 N–H and O–H groups in total. The van der Waals surface area contributed by atoms with Crippen molar-refractivity contribution in [2.45, 2.75) is 6.92 Å². The van der Waals surface area contributed by atoms with E-state index in [0.29, 0.717) is 17.9 Å². The molecule has 124 valence electrons. The van der Waals surface area contributed by atoms with E-state index in [9.17, 15) is 14.4 Å². The third-order valence-electron chi connectivity index (χ3n) is 3.09. The van der Waals surface area contributed by atoms with Gasteiger partial charge in [-0.05, 0) is 43.3 Å². The topological polar surface area (TPSA) is 113 Å². The number of benzene rings is 2. The predicted octanol–water partition coefficient (Wildman–Crippen LogP) is 2.73. The lowest BCUT2D eigenvalue weighted by Crippen LogP contribution is -2.13. The molecule has 0 radical (unpaired) electrons. The molecule has 0 bridgehead atoms. The fourth-order valence-electron chi connectivity index (χ4n) is 2.04. The summed E-state index contributed by atoms with van der Waals surface area (Å²) in [6, 6.07) is 9.87. The average Bonchev–Trinajstić information content (AvgIpc) is 2.55. The highest BCUT2D eigenvalue weighted by molar-refractivity contribution is 6.06. The first kappa shape index (κ1) is 17.0. The zero-order valence-corrected chi connectivity index (χ0v) is 12.8. The van der Waals surface area contributed by atoms with Crippen LogP contribution in [0.3, 0.4) is 0 Å². The van der Waals surface area contributed by atoms with Crippen LogP contribution >= 0.6 is 0 Å². The fraction of sp³-hybridized carbons (Fsp3) is 0.118. The van der Waals surface area contributed by atoms with Crippen LogP contribution in [-0.2, 0) is 0 Å². The van der Waals surface area contributed by atoms with Gasteiger partial charge in [0.25, 0.3) is 5.91 Å². The van der Waals surface area contributed by atoms with Gasteiger partial charge in [-0.2, -0.15) is 0 Å². The summed E-state index contributed by atoms with van der Waals surface area (Å²) in [6.07, 6.45) is 0. The highest BCUT2D eigenvalue weighted by Gasteiger charge is 2.14. The van der Waals surface area contributed by atoms with Crippen LogP contribution in [0.25, 0.3) is 0 Å². The van der Waals surface area contributed by atoms with E-state index in [0.717, 1.165) is 6.07 Å². The maximum Gasteiger partial charge on any atom is 0.335 e. The zero-order valence-electron chi connectivity index (χ0n) is 12.8. The van der Waals surface area contributed by atoms with Gasteiger partial charge in [0.15, 0.2) is 0 Å². The maximum absolute atomic E-state index is 12.3. The maximum atomic E-state index is 12.3. The van der Waals surface area contributed by atoms with Crippen molar-refractivity contribution >= 4 is 23.5 Å². The molecule has 0 atom stereocenters. The Hall–Kier alpha value is -3.35. The molecule has 0 unspecified atom stereocenters. The number of rotatable bonds is 6. The van der Waals surface area contributed by atoms with E-state index in [1.807, 2.05) is 6.92 Å². The van der Waals surface area contributed by atoms with Crippen molar-refractivity contribution < 1.29 is 29.3 Å². The fourth-order valence-corrected chi connectivity index (χ4v) is 2.04. The van der Waals surface area contributed by atoms with E-state index in [2.05, 4.69) is 5.32 Å². The summed E-state index contributed by atoms with van der Waals surface area (Å²) in [7, 11) is 0. The molecule has 0 fully saturated rings. The van der Waals surface area contributed by atoms with Crippen molar-refractivity contribution in [2.24, 2.45) is 0 Å². The number of nitrogens with one attached hydrogen (secondary N) is 1. The van der Waals surface area contributed by atoms with Crippen molar-refractivity contribution in [2.75, 3.05) is 11.9 Å². The molecule has 2 aromatic carbocycles. The minimum atomic E-state index is -1.29. The lowest BCUT2D eigenvalue weighted by atomic mass is 10.1. The molecular weight excluding hydrogens is 314 g/mol. The number of carbonyl (C=O) groups is 3. The molecular formula is C17H15NO6. The number of carboxylic acids is 2. The average molecular weight is 329 g/mol. The standard InChI is InChI=1S/C17H15NO6/c1-2-24-14-5-3-4-10(9-14)15(19)18-13-7-11(16(20)21)6-12(8-13)17(22)23/h3-9H,2H2,1H3,(H,18,19)(H,20,21)(H,22,23). The molecule has 2 aromatic rings. The first-order valence-electron chi connectivity index (χ1n) is 7.06. The third-order valence-corrected chi connectivity index (χ3v) is 3.09. The van der Waals surface area contributed by atoms with Crippen molar-refractivity contribution in [1.82, 2.24) is 0 Å². The molecule has 0 spiro atoms. The van der Waals surface area contributed by atoms with Gasteiger partial charge >= 0.3 is 11.9 Å². The predicted molar refractivity (Wildman–Crippen MR) is 85.9 cm³/mol. The van der Waals surface area contributed by atoms with E-state index >= 15 is 0 Å². The van der Waals surface area contributed by atoms with Gasteiger partial charge in [0, 0.05) is 11.3 Å². The summed E-state index contributed by atoms with van der Waals surface area (Å²) in [5.41, 5.74) is -0.0702. The Kier molecular flexibility index (Phi) is 5.16. The largest absolute Gasteiger partial charge is 0.494 e. The number of carboxylic acid groups (broad SMARTS) is 2. The van der Waals surface area contributed by atoms with Crippen molar-refractivity contribution in [3.63, 3.8) is 0 Å². The van der Waals surface area contributed by atoms with Gasteiger partial charge in [0.1, 0.15) is 5.75 Å². The Bertz CT molecular complexity index is 767. The number of anilines is 1. The van der Waals surface area contributed by atoms with Crippen LogP contribution in [0.15, 0.2) is 42.5 Å². The van der Waals surface area contributed by atoms with E-state index in [-0.39, 0.29) is 16.8 Å². The zero-order chi connectivity index (χ0) is 17.7. The van der Waals surface area contributed by atoms with E-state index < -0.39 is 17.8 Å². The van der Waals surface area contributed by atoms with Gasteiger partial charge in [0.2, 0.25) is 0 Å². The third kappa shape index (κ3) is 4.10. The molecule has 2 rings (SSSR count). The second-order valence-electron chi connectivity index (χ2n) is 4.82. The van der Waals surface area contributed by atoms with E-state index in [1.165, 1.54) is 18.2 Å². The smallest absolute Gasteiger partial charge is 0.335 e. The summed E-state index contributed by atoms with van der Waals surface area (Å²) >= 11 is 0. The molecule has 7 heteroatoms. The summed E-state index contributed by atoms with van der Waals surface area (Å²) in [4.78, 5) is 34.4. The lowest BCUT2D eigenvalue weighted by molar-refractivity contribution is 0.0696. The second kappa shape index (κ2) is 7.28. The van der Waals surface area contributed by atoms with Gasteiger partial charge in [-0.15, -0.1) is 0 Å². The molecule has 0 aliphatic rings. The minimum Gasteiger partial charge on any atom is -0.494 e. The Morgan fingerprint density at radius 1 is 0.958 bits per heavy atom. The van der Waals surface area contributed by atoms with Gasteiger partial charge in [-0.25, -0.2) is 9.59 Å². The van der Waals surface area contributed by atoms with Crippen molar-refractivity contribution in [3.05, 3.63) is 59.2 Å². The molecule has 0 heterocycles. The van der Waals surface area contributed by atoms with Gasteiger partial charge < -0.3 is 20.3 Å². The van der Waals surface area contributed by atoms with Crippen LogP contribution in [0, 0.1) is 0 Å². The first-order valence-corrected chi connectivity index (χ1v) is 7.06. The quantitative estimate of drug-likeness (QED) is 0.751. The van der Waals surface area contributed by atoms with E-state index in [1.54, 1.807) is 18.2 Å². The molecule has 0 aromatic heterocycles. The minimum absolute atomic E-state index is 0.0825. The Balaban J connectivity index is 2.29. The van der Waals surface area contributed by atoms with Gasteiger partial charge in [0.05, 0.1) is 17.7 Å². The number of ether oxygens (including phenoxy) is 1. The SMILES string of the molecule is CCOc1cccc(C(=O)Nc2cc(C(=O)O)cc(C(=O)O)c2)c1. The first-order chi connectivity index (χ1) is 11.4. The highest BCUT2D eigenvalue weighted by Crippen LogP contribution is 2.18. The molecule has 24 heavy (non-hydrogen) atoms. The second-order valence-corrected chi connectivity index (χ2v) is 4.82. The molecule has 0 saturated heterocycles. The van der Waals surface area contributed by atoms with Crippen LogP contribution in [0.2, 0.25) is 0 Å². The van der Waals surface area contributed by atoms with Crippen molar-refractivity contribution in [1.29, 1.82) is 0 Å². The molecule has 1 amide bonds. The van der Waals surface area contributed by atoms with E-state index in [4.69, 9.17) is 14.9 Å². The van der Waals surface area contributed by atoms with Crippen LogP contribution in [-0.4, -0.2) is 34.7 Å². The number of aromatic carboxylic acids is 2. The summed E-state index contributed by atoms with van der Waals surface area (Å²) in [6.45, 7) is 2.27. The highest BCUT2D eigenvalue weighted by atomic mass is 16.5. The number of amides is 1. The van der Waals surface area contributed by atoms with Crippen LogP contribution < -0.4 is 10.1 Å². The Morgan fingerprint density at radius 2 is 1.58 bits per heavy atom. The lowest BCUT2D eigenvalue weighted by Gasteiger charge is -2.09. The Morgan fingerprint density at radius 3 is 2.12 bits per heavy atom. The van der Waals surface area contributed by atoms with Gasteiger partial charge in [-0.3, -0.25) is 4.79 Å². The van der Waals surface area contributed by atoms with Crippen LogP contribution in [0.5, 0.6) is 5.75 Å². The monoisotopic (exact) mass is 329 g/mol. The molecule has 7 nitrogen and oxygen atoms in total. The number of hydrogen-bond donors (Lipinski definition) is 3. The number of hydrogen-bond acceptors (Lipinski definition) is 4. The normalized spacial score (nSPS) is 10.0.